The Balaban J connectivity index is 2.20. The van der Waals surface area contributed by atoms with E-state index >= 15 is 0 Å². The summed E-state index contributed by atoms with van der Waals surface area (Å²) in [4.78, 5) is 0. The molecule has 0 aromatic heterocycles. The number of halogens is 3. The Hall–Kier alpha value is -0.930. The third-order valence-electron chi connectivity index (χ3n) is 2.95. The highest BCUT2D eigenvalue weighted by Crippen LogP contribution is 2.36. The number of hydrogen-bond acceptors (Lipinski definition) is 2. The first-order chi connectivity index (χ1) is 9.51. The van der Waals surface area contributed by atoms with Gasteiger partial charge < -0.3 is 10.5 Å². The fourth-order valence-electron chi connectivity index (χ4n) is 1.73. The van der Waals surface area contributed by atoms with Crippen molar-refractivity contribution < 1.29 is 4.74 Å². The third kappa shape index (κ3) is 3.58. The van der Waals surface area contributed by atoms with Gasteiger partial charge in [0.05, 0.1) is 15.1 Å². The Morgan fingerprint density at radius 3 is 2.20 bits per heavy atom. The van der Waals surface area contributed by atoms with E-state index in [-0.39, 0.29) is 6.04 Å². The maximum atomic E-state index is 6.07. The molecule has 0 aliphatic heterocycles. The maximum Gasteiger partial charge on any atom is 0.147 e. The van der Waals surface area contributed by atoms with Gasteiger partial charge in [-0.05, 0) is 30.2 Å². The molecule has 2 rings (SSSR count). The van der Waals surface area contributed by atoms with Crippen LogP contribution in [0.1, 0.15) is 24.9 Å². The molecule has 0 fully saturated rings. The van der Waals surface area contributed by atoms with E-state index in [0.717, 1.165) is 12.0 Å². The molecule has 0 saturated heterocycles. The lowest BCUT2D eigenvalue weighted by Crippen LogP contribution is -2.08. The normalized spacial score (nSPS) is 12.2. The molecule has 5 heteroatoms. The average molecular weight is 331 g/mol. The highest BCUT2D eigenvalue weighted by Gasteiger charge is 2.09. The monoisotopic (exact) mass is 329 g/mol. The van der Waals surface area contributed by atoms with Gasteiger partial charge in [-0.15, -0.1) is 0 Å². The van der Waals surface area contributed by atoms with E-state index in [9.17, 15) is 0 Å². The van der Waals surface area contributed by atoms with Crippen molar-refractivity contribution in [2.24, 2.45) is 5.73 Å². The highest BCUT2D eigenvalue weighted by molar-refractivity contribution is 6.43. The largest absolute Gasteiger partial charge is 0.456 e. The molecular weight excluding hydrogens is 317 g/mol. The Morgan fingerprint density at radius 2 is 1.60 bits per heavy atom. The molecule has 0 saturated carbocycles. The molecule has 0 radical (unpaired) electrons. The van der Waals surface area contributed by atoms with E-state index in [1.165, 1.54) is 0 Å². The number of rotatable bonds is 4. The molecule has 0 heterocycles. The second kappa shape index (κ2) is 6.68. The molecule has 1 atom stereocenters. The van der Waals surface area contributed by atoms with Crippen molar-refractivity contribution in [3.8, 4) is 11.5 Å². The van der Waals surface area contributed by atoms with Gasteiger partial charge in [0.2, 0.25) is 0 Å². The maximum absolute atomic E-state index is 6.07. The van der Waals surface area contributed by atoms with Crippen LogP contribution in [-0.4, -0.2) is 0 Å². The van der Waals surface area contributed by atoms with Gasteiger partial charge in [-0.1, -0.05) is 53.9 Å². The van der Waals surface area contributed by atoms with Crippen molar-refractivity contribution in [1.82, 2.24) is 0 Å². The molecule has 20 heavy (non-hydrogen) atoms. The summed E-state index contributed by atoms with van der Waals surface area (Å²) in [5, 5.41) is 1.21. The van der Waals surface area contributed by atoms with Gasteiger partial charge in [-0.25, -0.2) is 0 Å². The van der Waals surface area contributed by atoms with Gasteiger partial charge in [0.1, 0.15) is 11.5 Å². The molecule has 2 nitrogen and oxygen atoms in total. The first-order valence-corrected chi connectivity index (χ1v) is 7.32. The summed E-state index contributed by atoms with van der Waals surface area (Å²) in [6.45, 7) is 2.05. The van der Waals surface area contributed by atoms with Crippen molar-refractivity contribution >= 4 is 34.8 Å². The molecule has 0 aliphatic rings. The summed E-state index contributed by atoms with van der Waals surface area (Å²) in [6.07, 6.45) is 0.888. The lowest BCUT2D eigenvalue weighted by Gasteiger charge is -2.12. The van der Waals surface area contributed by atoms with Crippen LogP contribution in [0.25, 0.3) is 0 Å². The Labute approximate surface area is 133 Å². The Kier molecular flexibility index (Phi) is 5.17. The molecule has 0 bridgehead atoms. The standard InChI is InChI=1S/C15H14Cl3NO/c1-2-14(19)9-3-5-10(6-4-9)20-15-8-12(17)11(16)7-13(15)18/h3-8,14H,2,19H2,1H3. The van der Waals surface area contributed by atoms with E-state index in [1.807, 2.05) is 31.2 Å². The van der Waals surface area contributed by atoms with E-state index in [0.29, 0.717) is 26.6 Å². The molecular formula is C15H14Cl3NO. The molecule has 106 valence electrons. The summed E-state index contributed by atoms with van der Waals surface area (Å²) >= 11 is 17.9. The van der Waals surface area contributed by atoms with Crippen LogP contribution in [0, 0.1) is 0 Å². The van der Waals surface area contributed by atoms with Crippen LogP contribution in [0.15, 0.2) is 36.4 Å². The number of nitrogens with two attached hydrogens (primary N) is 1. The quantitative estimate of drug-likeness (QED) is 0.714. The van der Waals surface area contributed by atoms with Gasteiger partial charge in [-0.2, -0.15) is 0 Å². The van der Waals surface area contributed by atoms with Crippen molar-refractivity contribution in [3.05, 3.63) is 57.0 Å². The molecule has 2 N–H and O–H groups in total. The minimum Gasteiger partial charge on any atom is -0.456 e. The minimum atomic E-state index is 0.0395. The first-order valence-electron chi connectivity index (χ1n) is 6.19. The Bertz CT molecular complexity index is 599. The highest BCUT2D eigenvalue weighted by atomic mass is 35.5. The lowest BCUT2D eigenvalue weighted by atomic mass is 10.1. The van der Waals surface area contributed by atoms with Gasteiger partial charge in [0.15, 0.2) is 0 Å². The summed E-state index contributed by atoms with van der Waals surface area (Å²) in [7, 11) is 0. The van der Waals surface area contributed by atoms with Gasteiger partial charge in [0, 0.05) is 12.1 Å². The zero-order valence-corrected chi connectivity index (χ0v) is 13.1. The number of benzene rings is 2. The van der Waals surface area contributed by atoms with E-state index in [1.54, 1.807) is 12.1 Å². The zero-order chi connectivity index (χ0) is 14.7. The first kappa shape index (κ1) is 15.5. The second-order valence-electron chi connectivity index (χ2n) is 4.38. The van der Waals surface area contributed by atoms with Crippen LogP contribution in [0.5, 0.6) is 11.5 Å². The topological polar surface area (TPSA) is 35.2 Å². The molecule has 2 aromatic rings. The van der Waals surface area contributed by atoms with Crippen LogP contribution >= 0.6 is 34.8 Å². The van der Waals surface area contributed by atoms with E-state index in [4.69, 9.17) is 45.3 Å². The predicted molar refractivity (Wildman–Crippen MR) is 85.2 cm³/mol. The minimum absolute atomic E-state index is 0.0395. The van der Waals surface area contributed by atoms with Crippen molar-refractivity contribution in [3.63, 3.8) is 0 Å². The summed E-state index contributed by atoms with van der Waals surface area (Å²) in [5.74, 6) is 1.13. The third-order valence-corrected chi connectivity index (χ3v) is 3.97. The molecule has 0 aliphatic carbocycles. The summed E-state index contributed by atoms with van der Waals surface area (Å²) in [6, 6.07) is 10.8. The fourth-order valence-corrected chi connectivity index (χ4v) is 2.30. The second-order valence-corrected chi connectivity index (χ2v) is 5.60. The van der Waals surface area contributed by atoms with Crippen molar-refractivity contribution in [1.29, 1.82) is 0 Å². The SMILES string of the molecule is CCC(N)c1ccc(Oc2cc(Cl)c(Cl)cc2Cl)cc1. The molecule has 1 unspecified atom stereocenters. The average Bonchev–Trinajstić information content (AvgIpc) is 2.44. The van der Waals surface area contributed by atoms with E-state index < -0.39 is 0 Å². The summed E-state index contributed by atoms with van der Waals surface area (Å²) < 4.78 is 5.70. The fraction of sp³-hybridized carbons (Fsp3) is 0.200. The van der Waals surface area contributed by atoms with Gasteiger partial charge in [-0.3, -0.25) is 0 Å². The van der Waals surface area contributed by atoms with Crippen LogP contribution in [0.2, 0.25) is 15.1 Å². The summed E-state index contributed by atoms with van der Waals surface area (Å²) in [5.41, 5.74) is 7.03. The van der Waals surface area contributed by atoms with Crippen LogP contribution in [0.4, 0.5) is 0 Å². The number of hydrogen-bond donors (Lipinski definition) is 1. The lowest BCUT2D eigenvalue weighted by molar-refractivity contribution is 0.482. The van der Waals surface area contributed by atoms with Crippen LogP contribution < -0.4 is 10.5 Å². The van der Waals surface area contributed by atoms with Gasteiger partial charge in [0.25, 0.3) is 0 Å². The van der Waals surface area contributed by atoms with Crippen LogP contribution in [-0.2, 0) is 0 Å². The molecule has 0 spiro atoms. The Morgan fingerprint density at radius 1 is 1.00 bits per heavy atom. The molecule has 0 amide bonds. The van der Waals surface area contributed by atoms with Crippen molar-refractivity contribution in [2.45, 2.75) is 19.4 Å². The predicted octanol–water partition coefficient (Wildman–Crippen LogP) is 5.85. The molecule has 2 aromatic carbocycles. The number of ether oxygens (including phenoxy) is 1. The van der Waals surface area contributed by atoms with E-state index in [2.05, 4.69) is 0 Å². The smallest absolute Gasteiger partial charge is 0.147 e. The zero-order valence-electron chi connectivity index (χ0n) is 10.9. The van der Waals surface area contributed by atoms with Gasteiger partial charge >= 0.3 is 0 Å². The van der Waals surface area contributed by atoms with Crippen molar-refractivity contribution in [2.75, 3.05) is 0 Å². The van der Waals surface area contributed by atoms with Crippen LogP contribution in [0.3, 0.4) is 0 Å².